The first-order chi connectivity index (χ1) is 12.7. The fourth-order valence-electron chi connectivity index (χ4n) is 4.55. The van der Waals surface area contributed by atoms with Crippen molar-refractivity contribution in [3.05, 3.63) is 71.8 Å². The summed E-state index contributed by atoms with van der Waals surface area (Å²) in [5.41, 5.74) is 8.15. The molecule has 0 aromatic heterocycles. The second-order valence-corrected chi connectivity index (χ2v) is 7.65. The van der Waals surface area contributed by atoms with Gasteiger partial charge in [-0.2, -0.15) is 0 Å². The van der Waals surface area contributed by atoms with Crippen LogP contribution < -0.4 is 5.73 Å². The molecule has 2 aliphatic rings. The predicted octanol–water partition coefficient (Wildman–Crippen LogP) is 2.97. The van der Waals surface area contributed by atoms with E-state index >= 15 is 0 Å². The van der Waals surface area contributed by atoms with Crippen LogP contribution in [-0.4, -0.2) is 29.5 Å². The number of nitrogens with two attached hydrogens (primary N) is 1. The third-order valence-corrected chi connectivity index (χ3v) is 5.99. The molecule has 2 aromatic rings. The van der Waals surface area contributed by atoms with Crippen LogP contribution in [0.2, 0.25) is 0 Å². The maximum Gasteiger partial charge on any atom is 0.327 e. The van der Waals surface area contributed by atoms with Crippen LogP contribution in [0.4, 0.5) is 0 Å². The quantitative estimate of drug-likeness (QED) is 0.843. The highest BCUT2D eigenvalue weighted by atomic mass is 16.5. The summed E-state index contributed by atoms with van der Waals surface area (Å²) in [4.78, 5) is 15.3. The molecule has 1 saturated heterocycles. The van der Waals surface area contributed by atoms with Crippen molar-refractivity contribution >= 4 is 5.97 Å². The van der Waals surface area contributed by atoms with E-state index in [0.717, 1.165) is 38.0 Å². The van der Waals surface area contributed by atoms with E-state index in [1.165, 1.54) is 5.56 Å². The van der Waals surface area contributed by atoms with Crippen molar-refractivity contribution in [1.29, 1.82) is 0 Å². The fourth-order valence-corrected chi connectivity index (χ4v) is 4.55. The fraction of sp³-hybridized carbons (Fsp3) is 0.409. The summed E-state index contributed by atoms with van der Waals surface area (Å²) in [6.07, 6.45) is 2.01. The van der Waals surface area contributed by atoms with Gasteiger partial charge in [0.25, 0.3) is 0 Å². The van der Waals surface area contributed by atoms with E-state index in [0.29, 0.717) is 6.61 Å². The van der Waals surface area contributed by atoms with Gasteiger partial charge in [-0.05, 0) is 24.0 Å². The number of carbonyl (C=O) groups excluding carboxylic acids is 1. The van der Waals surface area contributed by atoms with Crippen molar-refractivity contribution in [1.82, 2.24) is 4.90 Å². The van der Waals surface area contributed by atoms with Gasteiger partial charge in [0.15, 0.2) is 0 Å². The number of likely N-dealkylation sites (tertiary alicyclic amines) is 1. The standard InChI is InChI=1S/C22H26N2O2/c23-22(21(25)26-16-18-9-5-2-6-10-18)19-11-12-20(22)15-24(14-19)13-17-7-3-1-4-8-17/h1-10,19-20H,11-16,23H2. The zero-order valence-electron chi connectivity index (χ0n) is 15.0. The number of fused-ring (bicyclic) bond motifs is 2. The molecule has 4 nitrogen and oxygen atoms in total. The number of rotatable bonds is 5. The van der Waals surface area contributed by atoms with Gasteiger partial charge >= 0.3 is 5.97 Å². The number of hydrogen-bond acceptors (Lipinski definition) is 4. The van der Waals surface area contributed by atoms with Gasteiger partial charge in [0.2, 0.25) is 0 Å². The molecule has 2 aromatic carbocycles. The normalized spacial score (nSPS) is 28.0. The summed E-state index contributed by atoms with van der Waals surface area (Å²) in [5.74, 6) is 0.120. The Hall–Kier alpha value is -2.17. The summed E-state index contributed by atoms with van der Waals surface area (Å²) >= 11 is 0. The summed E-state index contributed by atoms with van der Waals surface area (Å²) in [6, 6.07) is 20.3. The Morgan fingerprint density at radius 3 is 2.08 bits per heavy atom. The van der Waals surface area contributed by atoms with Crippen molar-refractivity contribution in [2.24, 2.45) is 17.6 Å². The molecular formula is C22H26N2O2. The lowest BCUT2D eigenvalue weighted by Crippen LogP contribution is -2.64. The van der Waals surface area contributed by atoms with Gasteiger partial charge in [-0.3, -0.25) is 9.69 Å². The Balaban J connectivity index is 1.40. The van der Waals surface area contributed by atoms with Crippen molar-refractivity contribution in [3.8, 4) is 0 Å². The number of nitrogens with zero attached hydrogens (tertiary/aromatic N) is 1. The predicted molar refractivity (Wildman–Crippen MR) is 101 cm³/mol. The molecule has 2 atom stereocenters. The number of hydrogen-bond donors (Lipinski definition) is 1. The summed E-state index contributed by atoms with van der Waals surface area (Å²) < 4.78 is 5.62. The van der Waals surface area contributed by atoms with Gasteiger partial charge in [-0.1, -0.05) is 60.7 Å². The zero-order chi connectivity index (χ0) is 18.0. The van der Waals surface area contributed by atoms with E-state index in [1.54, 1.807) is 0 Å². The molecule has 2 N–H and O–H groups in total. The van der Waals surface area contributed by atoms with Gasteiger partial charge in [0.1, 0.15) is 12.1 Å². The van der Waals surface area contributed by atoms with E-state index in [-0.39, 0.29) is 17.8 Å². The number of piperidine rings is 1. The molecule has 2 bridgehead atoms. The monoisotopic (exact) mass is 350 g/mol. The van der Waals surface area contributed by atoms with Crippen LogP contribution in [0.5, 0.6) is 0 Å². The molecule has 2 fully saturated rings. The van der Waals surface area contributed by atoms with Crippen molar-refractivity contribution in [2.75, 3.05) is 13.1 Å². The Morgan fingerprint density at radius 1 is 0.962 bits per heavy atom. The Kier molecular flexibility index (Phi) is 4.79. The number of ether oxygens (including phenoxy) is 1. The second kappa shape index (κ2) is 7.22. The van der Waals surface area contributed by atoms with Crippen LogP contribution >= 0.6 is 0 Å². The largest absolute Gasteiger partial charge is 0.459 e. The molecule has 0 spiro atoms. The second-order valence-electron chi connectivity index (χ2n) is 7.65. The molecule has 26 heavy (non-hydrogen) atoms. The molecule has 136 valence electrons. The Bertz CT molecular complexity index is 733. The van der Waals surface area contributed by atoms with Gasteiger partial charge in [-0.25, -0.2) is 0 Å². The molecule has 0 amide bonds. The van der Waals surface area contributed by atoms with Crippen LogP contribution in [-0.2, 0) is 22.7 Å². The van der Waals surface area contributed by atoms with Crippen molar-refractivity contribution < 1.29 is 9.53 Å². The van der Waals surface area contributed by atoms with E-state index in [4.69, 9.17) is 10.5 Å². The minimum absolute atomic E-state index is 0.174. The van der Waals surface area contributed by atoms with E-state index in [9.17, 15) is 4.79 Å². The third kappa shape index (κ3) is 3.27. The summed E-state index contributed by atoms with van der Waals surface area (Å²) in [5, 5.41) is 0. The van der Waals surface area contributed by atoms with E-state index in [2.05, 4.69) is 29.2 Å². The first-order valence-corrected chi connectivity index (χ1v) is 9.42. The molecule has 2 unspecified atom stereocenters. The molecule has 0 radical (unpaired) electrons. The van der Waals surface area contributed by atoms with Crippen LogP contribution in [0.15, 0.2) is 60.7 Å². The number of benzene rings is 2. The Labute approximate surface area is 155 Å². The lowest BCUT2D eigenvalue weighted by atomic mass is 9.77. The average molecular weight is 350 g/mol. The molecule has 4 rings (SSSR count). The van der Waals surface area contributed by atoms with Crippen LogP contribution in [0.1, 0.15) is 24.0 Å². The molecule has 1 aliphatic heterocycles. The molecule has 1 saturated carbocycles. The van der Waals surface area contributed by atoms with Gasteiger partial charge in [0, 0.05) is 31.5 Å². The van der Waals surface area contributed by atoms with Crippen molar-refractivity contribution in [3.63, 3.8) is 0 Å². The highest BCUT2D eigenvalue weighted by Crippen LogP contribution is 2.44. The molecule has 4 heteroatoms. The highest BCUT2D eigenvalue weighted by molar-refractivity contribution is 5.82. The van der Waals surface area contributed by atoms with E-state index < -0.39 is 5.54 Å². The number of carbonyl (C=O) groups is 1. The summed E-state index contributed by atoms with van der Waals surface area (Å²) in [6.45, 7) is 2.94. The molecule has 1 aliphatic carbocycles. The van der Waals surface area contributed by atoms with E-state index in [1.807, 2.05) is 36.4 Å². The van der Waals surface area contributed by atoms with Crippen LogP contribution in [0, 0.1) is 11.8 Å². The van der Waals surface area contributed by atoms with Gasteiger partial charge < -0.3 is 10.5 Å². The smallest absolute Gasteiger partial charge is 0.327 e. The minimum Gasteiger partial charge on any atom is -0.459 e. The SMILES string of the molecule is NC1(C(=O)OCc2ccccc2)C2CCC1CN(Cc1ccccc1)C2. The maximum atomic E-state index is 12.9. The van der Waals surface area contributed by atoms with Crippen LogP contribution in [0.3, 0.4) is 0 Å². The topological polar surface area (TPSA) is 55.6 Å². The first kappa shape index (κ1) is 17.3. The van der Waals surface area contributed by atoms with Crippen LogP contribution in [0.25, 0.3) is 0 Å². The zero-order valence-corrected chi connectivity index (χ0v) is 15.0. The molecular weight excluding hydrogens is 324 g/mol. The molecule has 1 heterocycles. The van der Waals surface area contributed by atoms with Gasteiger partial charge in [0.05, 0.1) is 0 Å². The van der Waals surface area contributed by atoms with Gasteiger partial charge in [-0.15, -0.1) is 0 Å². The number of esters is 1. The minimum atomic E-state index is -0.831. The third-order valence-electron chi connectivity index (χ3n) is 5.99. The highest BCUT2D eigenvalue weighted by Gasteiger charge is 2.57. The summed E-state index contributed by atoms with van der Waals surface area (Å²) in [7, 11) is 0. The Morgan fingerprint density at radius 2 is 1.50 bits per heavy atom. The first-order valence-electron chi connectivity index (χ1n) is 9.42. The maximum absolute atomic E-state index is 12.9. The lowest BCUT2D eigenvalue weighted by Gasteiger charge is -2.43. The lowest BCUT2D eigenvalue weighted by molar-refractivity contribution is -0.157. The van der Waals surface area contributed by atoms with Crippen molar-refractivity contribution in [2.45, 2.75) is 31.5 Å². The average Bonchev–Trinajstić information content (AvgIpc) is 2.85.